The van der Waals surface area contributed by atoms with Crippen LogP contribution in [-0.4, -0.2) is 9.97 Å². The first kappa shape index (κ1) is 29.6. The van der Waals surface area contributed by atoms with Crippen LogP contribution in [0.4, 0.5) is 0 Å². The Labute approximate surface area is 263 Å². The molecule has 1 aliphatic carbocycles. The van der Waals surface area contributed by atoms with Gasteiger partial charge in [-0.2, -0.15) is 0 Å². The number of hydrogen-bond acceptors (Lipinski definition) is 2. The van der Waals surface area contributed by atoms with E-state index in [1.54, 1.807) is 6.20 Å². The maximum atomic E-state index is 5.25. The number of aryl methyl sites for hydroxylation is 4. The fourth-order valence-corrected chi connectivity index (χ4v) is 6.34. The van der Waals surface area contributed by atoms with Crippen molar-refractivity contribution in [3.05, 3.63) is 143 Å². The molecule has 2 heterocycles. The summed E-state index contributed by atoms with van der Waals surface area (Å²) in [7, 11) is 0. The summed E-state index contributed by atoms with van der Waals surface area (Å²) < 4.78 is 0. The van der Waals surface area contributed by atoms with E-state index >= 15 is 0 Å². The zero-order chi connectivity index (χ0) is 28.7. The predicted molar refractivity (Wildman–Crippen MR) is 171 cm³/mol. The van der Waals surface area contributed by atoms with Crippen LogP contribution < -0.4 is 0 Å². The fourth-order valence-electron chi connectivity index (χ4n) is 6.34. The van der Waals surface area contributed by atoms with Gasteiger partial charge in [0.1, 0.15) is 0 Å². The minimum Gasteiger partial charge on any atom is -0.305 e. The van der Waals surface area contributed by atoms with E-state index in [0.717, 1.165) is 33.6 Å². The molecule has 0 saturated carbocycles. The Morgan fingerprint density at radius 1 is 0.738 bits per heavy atom. The van der Waals surface area contributed by atoms with E-state index in [4.69, 9.17) is 4.98 Å². The monoisotopic (exact) mass is 723 g/mol. The van der Waals surface area contributed by atoms with Crippen LogP contribution in [0.5, 0.6) is 0 Å². The first-order chi connectivity index (χ1) is 19.7. The molecule has 3 heteroatoms. The summed E-state index contributed by atoms with van der Waals surface area (Å²) >= 11 is 0. The van der Waals surface area contributed by atoms with Gasteiger partial charge in [0, 0.05) is 37.1 Å². The zero-order valence-corrected chi connectivity index (χ0v) is 27.4. The molecule has 0 saturated heterocycles. The van der Waals surface area contributed by atoms with Crippen LogP contribution >= 0.6 is 0 Å². The Kier molecular flexibility index (Phi) is 8.28. The summed E-state index contributed by atoms with van der Waals surface area (Å²) in [4.78, 5) is 9.47. The van der Waals surface area contributed by atoms with E-state index in [-0.39, 0.29) is 25.5 Å². The Hall–Kier alpha value is -3.91. The van der Waals surface area contributed by atoms with Crippen molar-refractivity contribution >= 4 is 10.9 Å². The quantitative estimate of drug-likeness (QED) is 0.166. The largest absolute Gasteiger partial charge is 0.305 e. The molecule has 2 aromatic heterocycles. The first-order valence-corrected chi connectivity index (χ1v) is 14.2. The van der Waals surface area contributed by atoms with Gasteiger partial charge < -0.3 is 4.98 Å². The summed E-state index contributed by atoms with van der Waals surface area (Å²) in [5, 5.41) is 1.31. The number of benzene rings is 4. The third-order valence-electron chi connectivity index (χ3n) is 7.98. The third kappa shape index (κ3) is 5.36. The SMILES string of the molecule is Cc1[c-]c(-c2nc3cc(C)cc(C)c3c3c2-c2ccccc2C3(C)C)cc(C)c1.[Ir].[c-]1ccccc1-c1ccccn1. The van der Waals surface area contributed by atoms with Crippen molar-refractivity contribution in [2.75, 3.05) is 0 Å². The van der Waals surface area contributed by atoms with Crippen molar-refractivity contribution in [2.45, 2.75) is 47.0 Å². The topological polar surface area (TPSA) is 25.8 Å². The average molecular weight is 723 g/mol. The van der Waals surface area contributed by atoms with Gasteiger partial charge in [0.25, 0.3) is 0 Å². The van der Waals surface area contributed by atoms with Crippen LogP contribution in [0.15, 0.2) is 97.2 Å². The van der Waals surface area contributed by atoms with Gasteiger partial charge in [-0.1, -0.05) is 70.2 Å². The van der Waals surface area contributed by atoms with E-state index in [2.05, 4.69) is 107 Å². The summed E-state index contributed by atoms with van der Waals surface area (Å²) in [6.07, 6.45) is 1.79. The van der Waals surface area contributed by atoms with Gasteiger partial charge in [0.2, 0.25) is 0 Å². The van der Waals surface area contributed by atoms with Crippen LogP contribution in [0.3, 0.4) is 0 Å². The minimum atomic E-state index is -0.0687. The smallest absolute Gasteiger partial charge is 0.0604 e. The molecule has 0 spiro atoms. The van der Waals surface area contributed by atoms with E-state index in [1.165, 1.54) is 44.3 Å². The van der Waals surface area contributed by atoms with E-state index in [0.29, 0.717) is 0 Å². The molecular weight excluding hydrogens is 689 g/mol. The maximum Gasteiger partial charge on any atom is 0.0604 e. The number of aromatic nitrogens is 2. The molecule has 1 radical (unpaired) electrons. The Morgan fingerprint density at radius 2 is 1.48 bits per heavy atom. The number of fused-ring (bicyclic) bond motifs is 5. The summed E-state index contributed by atoms with van der Waals surface area (Å²) in [5.74, 6) is 0. The molecule has 0 unspecified atom stereocenters. The Balaban J connectivity index is 0.000000228. The molecule has 42 heavy (non-hydrogen) atoms. The van der Waals surface area contributed by atoms with Gasteiger partial charge in [-0.15, -0.1) is 70.8 Å². The van der Waals surface area contributed by atoms with Crippen LogP contribution in [0.1, 0.15) is 47.2 Å². The normalized spacial score (nSPS) is 12.5. The molecule has 0 fully saturated rings. The third-order valence-corrected chi connectivity index (χ3v) is 7.98. The Bertz CT molecular complexity index is 1830. The summed E-state index contributed by atoms with van der Waals surface area (Å²) in [6, 6.07) is 38.1. The molecule has 0 bridgehead atoms. The van der Waals surface area contributed by atoms with E-state index in [9.17, 15) is 0 Å². The van der Waals surface area contributed by atoms with Crippen LogP contribution in [0, 0.1) is 39.8 Å². The van der Waals surface area contributed by atoms with Gasteiger partial charge in [-0.3, -0.25) is 4.98 Å². The van der Waals surface area contributed by atoms with Crippen LogP contribution in [0.2, 0.25) is 0 Å². The van der Waals surface area contributed by atoms with Crippen molar-refractivity contribution in [1.29, 1.82) is 0 Å². The van der Waals surface area contributed by atoms with Gasteiger partial charge in [-0.05, 0) is 70.7 Å². The van der Waals surface area contributed by atoms with Gasteiger partial charge in [0.05, 0.1) is 5.52 Å². The molecule has 4 aromatic carbocycles. The minimum absolute atomic E-state index is 0. The van der Waals surface area contributed by atoms with E-state index in [1.807, 2.05) is 42.5 Å². The number of nitrogens with zero attached hydrogens (tertiary/aromatic N) is 2. The molecule has 2 nitrogen and oxygen atoms in total. The maximum absolute atomic E-state index is 5.25. The number of hydrogen-bond donors (Lipinski definition) is 0. The molecule has 211 valence electrons. The average Bonchev–Trinajstić information content (AvgIpc) is 3.20. The second kappa shape index (κ2) is 11.8. The van der Waals surface area contributed by atoms with Crippen molar-refractivity contribution in [3.8, 4) is 33.6 Å². The van der Waals surface area contributed by atoms with Gasteiger partial charge in [0.15, 0.2) is 0 Å². The molecule has 7 rings (SSSR count). The van der Waals surface area contributed by atoms with Crippen molar-refractivity contribution in [3.63, 3.8) is 0 Å². The molecule has 0 amide bonds. The number of rotatable bonds is 2. The summed E-state index contributed by atoms with van der Waals surface area (Å²) in [6.45, 7) is 13.3. The molecule has 1 aliphatic rings. The van der Waals surface area contributed by atoms with Crippen LogP contribution in [0.25, 0.3) is 44.5 Å². The van der Waals surface area contributed by atoms with Crippen molar-refractivity contribution < 1.29 is 20.1 Å². The second-order valence-electron chi connectivity index (χ2n) is 11.6. The van der Waals surface area contributed by atoms with Gasteiger partial charge in [-0.25, -0.2) is 0 Å². The zero-order valence-electron chi connectivity index (χ0n) is 25.0. The number of pyridine rings is 2. The van der Waals surface area contributed by atoms with Gasteiger partial charge >= 0.3 is 0 Å². The second-order valence-corrected chi connectivity index (χ2v) is 11.6. The van der Waals surface area contributed by atoms with E-state index < -0.39 is 0 Å². The summed E-state index contributed by atoms with van der Waals surface area (Å²) in [5.41, 5.74) is 15.5. The van der Waals surface area contributed by atoms with Crippen molar-refractivity contribution in [1.82, 2.24) is 9.97 Å². The standard InChI is InChI=1S/C28H26N.C11H8N.Ir/c1-16-11-17(2)14-20(13-16)27-25-21-9-7-8-10-22(21)28(5,6)26(25)24-19(4)12-18(3)15-23(24)29-27;1-2-6-10(7-3-1)11-8-4-5-9-12-11;/h7-13,15H,1-6H3;1-6,8-9H;/q2*-1;. The Morgan fingerprint density at radius 3 is 2.19 bits per heavy atom. The van der Waals surface area contributed by atoms with Crippen LogP contribution in [-0.2, 0) is 25.5 Å². The molecule has 0 aliphatic heterocycles. The molecular formula is C39H34IrN2-2. The molecule has 6 aromatic rings. The molecule has 0 N–H and O–H groups in total. The van der Waals surface area contributed by atoms with Crippen molar-refractivity contribution in [2.24, 2.45) is 0 Å². The fraction of sp³-hybridized carbons (Fsp3) is 0.179. The first-order valence-electron chi connectivity index (χ1n) is 14.2. The molecule has 0 atom stereocenters. The predicted octanol–water partition coefficient (Wildman–Crippen LogP) is 9.79.